The molecule has 0 aliphatic carbocycles. The third-order valence-corrected chi connectivity index (χ3v) is 4.41. The zero-order valence-corrected chi connectivity index (χ0v) is 17.3. The number of aryl methyl sites for hydroxylation is 1. The van der Waals surface area contributed by atoms with E-state index in [1.165, 1.54) is 16.7 Å². The SMILES string of the molecule is C/C=C/c1ccc(-c2nc(C)n(C)c2-c2ccc(/C=C/C)cc2)cc1.CC. The van der Waals surface area contributed by atoms with Gasteiger partial charge in [-0.3, -0.25) is 0 Å². The summed E-state index contributed by atoms with van der Waals surface area (Å²) in [5.74, 6) is 1.01. The lowest BCUT2D eigenvalue weighted by Crippen LogP contribution is -1.95. The van der Waals surface area contributed by atoms with Crippen molar-refractivity contribution in [1.82, 2.24) is 9.55 Å². The third kappa shape index (κ3) is 4.65. The molecule has 2 aromatic carbocycles. The summed E-state index contributed by atoms with van der Waals surface area (Å²) in [7, 11) is 2.08. The Kier molecular flexibility index (Phi) is 7.36. The molecule has 0 radical (unpaired) electrons. The van der Waals surface area contributed by atoms with Gasteiger partial charge >= 0.3 is 0 Å². The summed E-state index contributed by atoms with van der Waals surface area (Å²) in [5.41, 5.74) is 6.93. The summed E-state index contributed by atoms with van der Waals surface area (Å²) >= 11 is 0. The standard InChI is InChI=1S/C23H24N2.C2H6/c1-5-7-18-9-13-20(14-10-18)22-23(25(4)17(3)24-22)21-15-11-19(8-6-2)12-16-21;1-2/h5-16H,1-4H3;1-2H3/b7-5+,8-6+;. The van der Waals surface area contributed by atoms with Gasteiger partial charge < -0.3 is 4.57 Å². The third-order valence-electron chi connectivity index (χ3n) is 4.41. The van der Waals surface area contributed by atoms with Crippen molar-refractivity contribution < 1.29 is 0 Å². The smallest absolute Gasteiger partial charge is 0.106 e. The highest BCUT2D eigenvalue weighted by Crippen LogP contribution is 2.32. The normalized spacial score (nSPS) is 11.0. The number of hydrogen-bond acceptors (Lipinski definition) is 1. The van der Waals surface area contributed by atoms with E-state index in [4.69, 9.17) is 4.98 Å². The van der Waals surface area contributed by atoms with Crippen LogP contribution in [0.4, 0.5) is 0 Å². The molecule has 27 heavy (non-hydrogen) atoms. The Bertz CT molecular complexity index is 908. The molecule has 0 aliphatic heterocycles. The minimum atomic E-state index is 1.01. The predicted molar refractivity (Wildman–Crippen MR) is 120 cm³/mol. The van der Waals surface area contributed by atoms with Gasteiger partial charge in [0.2, 0.25) is 0 Å². The van der Waals surface area contributed by atoms with Crippen LogP contribution in [0.2, 0.25) is 0 Å². The molecule has 0 unspecified atom stereocenters. The number of benzene rings is 2. The first-order valence-electron chi connectivity index (χ1n) is 9.63. The van der Waals surface area contributed by atoms with E-state index in [2.05, 4.69) is 91.4 Å². The van der Waals surface area contributed by atoms with Crippen molar-refractivity contribution in [2.75, 3.05) is 0 Å². The molecule has 0 saturated carbocycles. The number of hydrogen-bond donors (Lipinski definition) is 0. The monoisotopic (exact) mass is 358 g/mol. The fourth-order valence-electron chi connectivity index (χ4n) is 3.03. The summed E-state index contributed by atoms with van der Waals surface area (Å²) < 4.78 is 2.17. The molecule has 140 valence electrons. The second-order valence-electron chi connectivity index (χ2n) is 6.16. The minimum absolute atomic E-state index is 1.01. The molecule has 0 saturated heterocycles. The van der Waals surface area contributed by atoms with Crippen molar-refractivity contribution in [1.29, 1.82) is 0 Å². The Morgan fingerprint density at radius 1 is 0.741 bits per heavy atom. The van der Waals surface area contributed by atoms with E-state index in [1.807, 2.05) is 27.7 Å². The summed E-state index contributed by atoms with van der Waals surface area (Å²) in [5, 5.41) is 0. The van der Waals surface area contributed by atoms with Crippen LogP contribution in [0, 0.1) is 6.92 Å². The zero-order chi connectivity index (χ0) is 19.8. The lowest BCUT2D eigenvalue weighted by Gasteiger charge is -2.08. The van der Waals surface area contributed by atoms with Crippen LogP contribution >= 0.6 is 0 Å². The highest BCUT2D eigenvalue weighted by atomic mass is 15.1. The van der Waals surface area contributed by atoms with E-state index in [9.17, 15) is 0 Å². The van der Waals surface area contributed by atoms with Crippen LogP contribution in [-0.4, -0.2) is 9.55 Å². The van der Waals surface area contributed by atoms with Gasteiger partial charge in [0, 0.05) is 18.2 Å². The molecule has 0 spiro atoms. The molecule has 1 heterocycles. The van der Waals surface area contributed by atoms with Crippen molar-refractivity contribution in [3.05, 3.63) is 77.6 Å². The van der Waals surface area contributed by atoms with Crippen LogP contribution in [-0.2, 0) is 7.05 Å². The van der Waals surface area contributed by atoms with Crippen LogP contribution in [0.15, 0.2) is 60.7 Å². The minimum Gasteiger partial charge on any atom is -0.331 e. The van der Waals surface area contributed by atoms with Gasteiger partial charge in [-0.25, -0.2) is 4.98 Å². The molecule has 2 heteroatoms. The molecule has 2 nitrogen and oxygen atoms in total. The Morgan fingerprint density at radius 2 is 1.19 bits per heavy atom. The Labute approximate surface area is 163 Å². The van der Waals surface area contributed by atoms with Gasteiger partial charge in [-0.05, 0) is 31.9 Å². The molecule has 1 aromatic heterocycles. The van der Waals surface area contributed by atoms with E-state index < -0.39 is 0 Å². The van der Waals surface area contributed by atoms with Gasteiger partial charge in [0.25, 0.3) is 0 Å². The quantitative estimate of drug-likeness (QED) is 0.484. The zero-order valence-electron chi connectivity index (χ0n) is 17.3. The van der Waals surface area contributed by atoms with E-state index in [0.717, 1.165) is 22.8 Å². The number of aromatic nitrogens is 2. The first-order valence-corrected chi connectivity index (χ1v) is 9.63. The Morgan fingerprint density at radius 3 is 1.63 bits per heavy atom. The van der Waals surface area contributed by atoms with Gasteiger partial charge in [0.15, 0.2) is 0 Å². The average molecular weight is 359 g/mol. The Balaban J connectivity index is 0.00000126. The topological polar surface area (TPSA) is 17.8 Å². The van der Waals surface area contributed by atoms with Gasteiger partial charge in [-0.1, -0.05) is 86.7 Å². The van der Waals surface area contributed by atoms with Crippen molar-refractivity contribution in [2.24, 2.45) is 7.05 Å². The molecule has 0 amide bonds. The molecular weight excluding hydrogens is 328 g/mol. The highest BCUT2D eigenvalue weighted by Gasteiger charge is 2.15. The van der Waals surface area contributed by atoms with Gasteiger partial charge in [0.1, 0.15) is 5.82 Å². The largest absolute Gasteiger partial charge is 0.331 e. The lowest BCUT2D eigenvalue weighted by atomic mass is 10.0. The lowest BCUT2D eigenvalue weighted by molar-refractivity contribution is 0.865. The molecule has 0 atom stereocenters. The first kappa shape index (κ1) is 20.4. The second-order valence-corrected chi connectivity index (χ2v) is 6.16. The van der Waals surface area contributed by atoms with Crippen LogP contribution in [0.1, 0.15) is 44.6 Å². The van der Waals surface area contributed by atoms with Crippen LogP contribution in [0.5, 0.6) is 0 Å². The number of nitrogens with zero attached hydrogens (tertiary/aromatic N) is 2. The maximum atomic E-state index is 4.82. The number of allylic oxidation sites excluding steroid dienone is 2. The maximum absolute atomic E-state index is 4.82. The van der Waals surface area contributed by atoms with Crippen molar-refractivity contribution >= 4 is 12.2 Å². The maximum Gasteiger partial charge on any atom is 0.106 e. The van der Waals surface area contributed by atoms with E-state index in [-0.39, 0.29) is 0 Å². The number of rotatable bonds is 4. The van der Waals surface area contributed by atoms with Gasteiger partial charge in [-0.2, -0.15) is 0 Å². The van der Waals surface area contributed by atoms with E-state index in [1.54, 1.807) is 0 Å². The first-order chi connectivity index (χ1) is 13.1. The average Bonchev–Trinajstić information content (AvgIpc) is 3.00. The van der Waals surface area contributed by atoms with Crippen molar-refractivity contribution in [3.63, 3.8) is 0 Å². The van der Waals surface area contributed by atoms with Crippen molar-refractivity contribution in [3.8, 4) is 22.5 Å². The summed E-state index contributed by atoms with van der Waals surface area (Å²) in [4.78, 5) is 4.82. The number of imidazole rings is 1. The van der Waals surface area contributed by atoms with Crippen molar-refractivity contribution in [2.45, 2.75) is 34.6 Å². The van der Waals surface area contributed by atoms with Crippen LogP contribution < -0.4 is 0 Å². The van der Waals surface area contributed by atoms with Crippen LogP contribution in [0.25, 0.3) is 34.7 Å². The van der Waals surface area contributed by atoms with Gasteiger partial charge in [-0.15, -0.1) is 0 Å². The van der Waals surface area contributed by atoms with E-state index >= 15 is 0 Å². The summed E-state index contributed by atoms with van der Waals surface area (Å²) in [6.07, 6.45) is 8.33. The fourth-order valence-corrected chi connectivity index (χ4v) is 3.03. The second kappa shape index (κ2) is 9.72. The molecule has 3 aromatic rings. The summed E-state index contributed by atoms with van der Waals surface area (Å²) in [6, 6.07) is 17.2. The van der Waals surface area contributed by atoms with Gasteiger partial charge in [0.05, 0.1) is 11.4 Å². The molecule has 0 bridgehead atoms. The highest BCUT2D eigenvalue weighted by molar-refractivity contribution is 5.80. The molecule has 0 aliphatic rings. The molecule has 0 N–H and O–H groups in total. The molecular formula is C25H30N2. The molecule has 0 fully saturated rings. The predicted octanol–water partition coefficient (Wildman–Crippen LogP) is 7.15. The van der Waals surface area contributed by atoms with Crippen LogP contribution in [0.3, 0.4) is 0 Å². The fraction of sp³-hybridized carbons (Fsp3) is 0.240. The van der Waals surface area contributed by atoms with E-state index in [0.29, 0.717) is 0 Å². The Hall–Kier alpha value is -2.87. The summed E-state index contributed by atoms with van der Waals surface area (Å²) in [6.45, 7) is 10.1. The molecule has 3 rings (SSSR count).